The third-order valence-electron chi connectivity index (χ3n) is 2.65. The number of hydrogen-bond acceptors (Lipinski definition) is 7. The minimum atomic E-state index is 0.0452. The van der Waals surface area contributed by atoms with Gasteiger partial charge in [0.1, 0.15) is 5.75 Å². The molecule has 0 aliphatic rings. The average Bonchev–Trinajstić information content (AvgIpc) is 2.49. The van der Waals surface area contributed by atoms with Crippen molar-refractivity contribution in [1.82, 2.24) is 15.0 Å². The predicted octanol–water partition coefficient (Wildman–Crippen LogP) is 1.64. The largest absolute Gasteiger partial charge is 0.464 e. The Morgan fingerprint density at radius 3 is 2.62 bits per heavy atom. The van der Waals surface area contributed by atoms with Crippen molar-refractivity contribution >= 4 is 5.95 Å². The van der Waals surface area contributed by atoms with Crippen LogP contribution in [0.3, 0.4) is 0 Å². The molecule has 2 rings (SSSR count). The summed E-state index contributed by atoms with van der Waals surface area (Å²) in [5, 5.41) is 11.9. The number of nitrogens with zero attached hydrogens (tertiary/aromatic N) is 3. The number of nitrogens with one attached hydrogen (secondary N) is 1. The predicted molar refractivity (Wildman–Crippen MR) is 77.8 cm³/mol. The molecule has 0 aliphatic carbocycles. The standard InChI is InChI=1S/C14H18N4O3/c1-3-20-13-16-12(15-2)17-14(18-13)21-11-7-5-4-6-10(11)8-9-19/h4-7,19H,3,8-9H2,1-2H3,(H,15,16,17,18). The smallest absolute Gasteiger partial charge is 0.330 e. The second-order valence-electron chi connectivity index (χ2n) is 4.09. The Hall–Kier alpha value is -2.41. The normalized spacial score (nSPS) is 10.2. The Morgan fingerprint density at radius 2 is 1.90 bits per heavy atom. The number of ether oxygens (including phenoxy) is 2. The molecule has 1 heterocycles. The summed E-state index contributed by atoms with van der Waals surface area (Å²) in [5.74, 6) is 0.963. The lowest BCUT2D eigenvalue weighted by Crippen LogP contribution is -2.05. The molecule has 0 saturated carbocycles. The van der Waals surface area contributed by atoms with Crippen molar-refractivity contribution < 1.29 is 14.6 Å². The number of hydrogen-bond donors (Lipinski definition) is 2. The quantitative estimate of drug-likeness (QED) is 0.801. The number of aliphatic hydroxyl groups is 1. The van der Waals surface area contributed by atoms with Gasteiger partial charge < -0.3 is 19.9 Å². The molecule has 0 spiro atoms. The van der Waals surface area contributed by atoms with Gasteiger partial charge in [0.25, 0.3) is 0 Å². The first kappa shape index (κ1) is 15.0. The minimum Gasteiger partial charge on any atom is -0.464 e. The van der Waals surface area contributed by atoms with Crippen LogP contribution >= 0.6 is 0 Å². The van der Waals surface area contributed by atoms with Crippen LogP contribution in [0.1, 0.15) is 12.5 Å². The zero-order valence-corrected chi connectivity index (χ0v) is 12.0. The highest BCUT2D eigenvalue weighted by molar-refractivity contribution is 5.36. The third kappa shape index (κ3) is 4.03. The van der Waals surface area contributed by atoms with Gasteiger partial charge in [-0.25, -0.2) is 0 Å². The summed E-state index contributed by atoms with van der Waals surface area (Å²) in [6.45, 7) is 2.34. The van der Waals surface area contributed by atoms with Gasteiger partial charge in [0.2, 0.25) is 5.95 Å². The average molecular weight is 290 g/mol. The Kier molecular flexibility index (Phi) is 5.28. The lowest BCUT2D eigenvalue weighted by atomic mass is 10.1. The topological polar surface area (TPSA) is 89.4 Å². The van der Waals surface area contributed by atoms with Crippen molar-refractivity contribution in [3.8, 4) is 17.8 Å². The van der Waals surface area contributed by atoms with E-state index in [1.165, 1.54) is 0 Å². The summed E-state index contributed by atoms with van der Waals surface area (Å²) in [5.41, 5.74) is 0.879. The highest BCUT2D eigenvalue weighted by atomic mass is 16.5. The molecule has 2 aromatic rings. The van der Waals surface area contributed by atoms with Crippen molar-refractivity contribution in [3.05, 3.63) is 29.8 Å². The van der Waals surface area contributed by atoms with Gasteiger partial charge in [-0.15, -0.1) is 4.98 Å². The van der Waals surface area contributed by atoms with Crippen molar-refractivity contribution in [1.29, 1.82) is 0 Å². The van der Waals surface area contributed by atoms with Gasteiger partial charge in [0.15, 0.2) is 0 Å². The maximum Gasteiger partial charge on any atom is 0.330 e. The molecular weight excluding hydrogens is 272 g/mol. The number of benzene rings is 1. The van der Waals surface area contributed by atoms with Gasteiger partial charge >= 0.3 is 12.0 Å². The first-order valence-electron chi connectivity index (χ1n) is 6.70. The molecule has 2 N–H and O–H groups in total. The first-order chi connectivity index (χ1) is 10.3. The molecule has 0 unspecified atom stereocenters. The summed E-state index contributed by atoms with van der Waals surface area (Å²) in [6.07, 6.45) is 0.498. The van der Waals surface area contributed by atoms with Gasteiger partial charge in [0.05, 0.1) is 6.61 Å². The Balaban J connectivity index is 2.28. The summed E-state index contributed by atoms with van der Waals surface area (Å²) in [6, 6.07) is 7.76. The minimum absolute atomic E-state index is 0.0452. The molecule has 112 valence electrons. The molecule has 0 radical (unpaired) electrons. The van der Waals surface area contributed by atoms with Gasteiger partial charge in [-0.05, 0) is 25.0 Å². The van der Waals surface area contributed by atoms with E-state index in [0.29, 0.717) is 24.7 Å². The van der Waals surface area contributed by atoms with Crippen LogP contribution in [0.4, 0.5) is 5.95 Å². The maximum absolute atomic E-state index is 9.08. The summed E-state index contributed by atoms with van der Waals surface area (Å²) < 4.78 is 11.0. The second kappa shape index (κ2) is 7.39. The molecule has 0 atom stereocenters. The number of rotatable bonds is 7. The van der Waals surface area contributed by atoms with E-state index < -0.39 is 0 Å². The molecule has 0 bridgehead atoms. The molecular formula is C14H18N4O3. The fourth-order valence-corrected chi connectivity index (χ4v) is 1.72. The van der Waals surface area contributed by atoms with Crippen molar-refractivity contribution in [2.45, 2.75) is 13.3 Å². The lowest BCUT2D eigenvalue weighted by molar-refractivity contribution is 0.295. The third-order valence-corrected chi connectivity index (χ3v) is 2.65. The summed E-state index contributed by atoms with van der Waals surface area (Å²) in [7, 11) is 1.70. The maximum atomic E-state index is 9.08. The van der Waals surface area contributed by atoms with Gasteiger partial charge in [-0.3, -0.25) is 0 Å². The molecule has 0 fully saturated rings. The van der Waals surface area contributed by atoms with Crippen LogP contribution in [0.25, 0.3) is 0 Å². The molecule has 0 amide bonds. The molecule has 21 heavy (non-hydrogen) atoms. The SMILES string of the molecule is CCOc1nc(NC)nc(Oc2ccccc2CCO)n1. The fourth-order valence-electron chi connectivity index (χ4n) is 1.72. The van der Waals surface area contributed by atoms with E-state index in [9.17, 15) is 0 Å². The molecule has 1 aromatic heterocycles. The van der Waals surface area contributed by atoms with Crippen LogP contribution < -0.4 is 14.8 Å². The summed E-state index contributed by atoms with van der Waals surface area (Å²) in [4.78, 5) is 12.3. The number of aliphatic hydroxyl groups excluding tert-OH is 1. The number of aromatic nitrogens is 3. The van der Waals surface area contributed by atoms with Crippen LogP contribution in [-0.4, -0.2) is 40.3 Å². The zero-order chi connectivity index (χ0) is 15.1. The van der Waals surface area contributed by atoms with Gasteiger partial charge in [-0.2, -0.15) is 9.97 Å². The van der Waals surface area contributed by atoms with Crippen LogP contribution in [0.15, 0.2) is 24.3 Å². The van der Waals surface area contributed by atoms with Crippen LogP contribution in [0, 0.1) is 0 Å². The molecule has 0 aliphatic heterocycles. The van der Waals surface area contributed by atoms with Crippen LogP contribution in [0.5, 0.6) is 17.8 Å². The van der Waals surface area contributed by atoms with E-state index >= 15 is 0 Å². The number of anilines is 1. The Labute approximate surface area is 123 Å². The fraction of sp³-hybridized carbons (Fsp3) is 0.357. The van der Waals surface area contributed by atoms with E-state index in [1.54, 1.807) is 13.1 Å². The van der Waals surface area contributed by atoms with E-state index in [4.69, 9.17) is 14.6 Å². The first-order valence-corrected chi connectivity index (χ1v) is 6.70. The highest BCUT2D eigenvalue weighted by Gasteiger charge is 2.10. The van der Waals surface area contributed by atoms with Crippen molar-refractivity contribution in [2.75, 3.05) is 25.6 Å². The highest BCUT2D eigenvalue weighted by Crippen LogP contribution is 2.24. The Morgan fingerprint density at radius 1 is 1.14 bits per heavy atom. The van der Waals surface area contributed by atoms with Crippen molar-refractivity contribution in [3.63, 3.8) is 0 Å². The van der Waals surface area contributed by atoms with Crippen LogP contribution in [0.2, 0.25) is 0 Å². The van der Waals surface area contributed by atoms with E-state index in [0.717, 1.165) is 5.56 Å². The van der Waals surface area contributed by atoms with Crippen molar-refractivity contribution in [2.24, 2.45) is 0 Å². The van der Waals surface area contributed by atoms with Gasteiger partial charge in [-0.1, -0.05) is 18.2 Å². The molecule has 7 nitrogen and oxygen atoms in total. The van der Waals surface area contributed by atoms with E-state index in [2.05, 4.69) is 20.3 Å². The van der Waals surface area contributed by atoms with E-state index in [1.807, 2.05) is 25.1 Å². The second-order valence-corrected chi connectivity index (χ2v) is 4.09. The zero-order valence-electron chi connectivity index (χ0n) is 12.0. The lowest BCUT2D eigenvalue weighted by Gasteiger charge is -2.10. The molecule has 1 aromatic carbocycles. The van der Waals surface area contributed by atoms with E-state index in [-0.39, 0.29) is 18.6 Å². The number of para-hydroxylation sites is 1. The van der Waals surface area contributed by atoms with Gasteiger partial charge in [0, 0.05) is 13.7 Å². The van der Waals surface area contributed by atoms with Crippen LogP contribution in [-0.2, 0) is 6.42 Å². The monoisotopic (exact) mass is 290 g/mol. The molecule has 7 heteroatoms. The Bertz CT molecular complexity index is 592. The summed E-state index contributed by atoms with van der Waals surface area (Å²) >= 11 is 0. The molecule has 0 saturated heterocycles.